The van der Waals surface area contributed by atoms with Crippen molar-refractivity contribution in [3.63, 3.8) is 0 Å². The first kappa shape index (κ1) is 16.2. The van der Waals surface area contributed by atoms with Gasteiger partial charge in [-0.2, -0.15) is 0 Å². The summed E-state index contributed by atoms with van der Waals surface area (Å²) in [7, 11) is -2.21. The van der Waals surface area contributed by atoms with E-state index < -0.39 is 15.8 Å². The Hall–Kier alpha value is -0.890. The third kappa shape index (κ3) is 4.61. The third-order valence-electron chi connectivity index (χ3n) is 2.41. The fourth-order valence-corrected chi connectivity index (χ4v) is 3.03. The number of rotatable bonds is 7. The zero-order valence-electron chi connectivity index (χ0n) is 10.4. The van der Waals surface area contributed by atoms with Gasteiger partial charge in [0.25, 0.3) is 0 Å². The molecule has 1 aromatic carbocycles. The summed E-state index contributed by atoms with van der Waals surface area (Å²) in [5.74, 6) is -0.746. The van der Waals surface area contributed by atoms with Gasteiger partial charge in [-0.3, -0.25) is 0 Å². The number of sulfonamides is 1. The SMILES string of the molecule is COCCCCNS(=O)(=O)c1cc(N)c(F)cc1Cl. The molecule has 0 unspecified atom stereocenters. The van der Waals surface area contributed by atoms with Gasteiger partial charge in [0.05, 0.1) is 10.7 Å². The maximum atomic E-state index is 13.1. The van der Waals surface area contributed by atoms with Crippen LogP contribution in [-0.4, -0.2) is 28.7 Å². The Morgan fingerprint density at radius 1 is 1.42 bits per heavy atom. The Labute approximate surface area is 116 Å². The molecule has 108 valence electrons. The molecular weight excluding hydrogens is 295 g/mol. The fraction of sp³-hybridized carbons (Fsp3) is 0.455. The third-order valence-corrected chi connectivity index (χ3v) is 4.33. The Kier molecular flexibility index (Phi) is 5.99. The molecule has 0 spiro atoms. The normalized spacial score (nSPS) is 11.7. The van der Waals surface area contributed by atoms with E-state index in [0.717, 1.165) is 18.6 Å². The number of halogens is 2. The Morgan fingerprint density at radius 3 is 2.74 bits per heavy atom. The van der Waals surface area contributed by atoms with E-state index in [1.54, 1.807) is 7.11 Å². The first-order valence-corrected chi connectivity index (χ1v) is 7.47. The molecule has 1 aromatic rings. The number of anilines is 1. The zero-order valence-corrected chi connectivity index (χ0v) is 12.0. The minimum Gasteiger partial charge on any atom is -0.396 e. The number of unbranched alkanes of at least 4 members (excludes halogenated alkanes) is 1. The van der Waals surface area contributed by atoms with Crippen molar-refractivity contribution in [2.45, 2.75) is 17.7 Å². The topological polar surface area (TPSA) is 81.4 Å². The summed E-state index contributed by atoms with van der Waals surface area (Å²) in [5, 5.41) is -0.198. The molecule has 0 saturated carbocycles. The maximum absolute atomic E-state index is 13.1. The highest BCUT2D eigenvalue weighted by molar-refractivity contribution is 7.89. The molecule has 0 aliphatic rings. The monoisotopic (exact) mass is 310 g/mol. The quantitative estimate of drug-likeness (QED) is 0.594. The summed E-state index contributed by atoms with van der Waals surface area (Å²) in [6, 6.07) is 1.89. The van der Waals surface area contributed by atoms with Gasteiger partial charge >= 0.3 is 0 Å². The summed E-state index contributed by atoms with van der Waals surface area (Å²) in [4.78, 5) is -0.222. The number of hydrogen-bond donors (Lipinski definition) is 2. The van der Waals surface area contributed by atoms with Gasteiger partial charge in [-0.15, -0.1) is 0 Å². The van der Waals surface area contributed by atoms with Crippen LogP contribution in [0, 0.1) is 5.82 Å². The Bertz CT molecular complexity index is 537. The van der Waals surface area contributed by atoms with Crippen LogP contribution in [0.4, 0.5) is 10.1 Å². The predicted octanol–water partition coefficient (Wildman–Crippen LogP) is 1.77. The van der Waals surface area contributed by atoms with Crippen LogP contribution < -0.4 is 10.5 Å². The molecule has 0 fully saturated rings. The van der Waals surface area contributed by atoms with Crippen molar-refractivity contribution in [3.05, 3.63) is 23.0 Å². The second-order valence-electron chi connectivity index (χ2n) is 3.90. The molecule has 19 heavy (non-hydrogen) atoms. The molecule has 8 heteroatoms. The summed E-state index contributed by atoms with van der Waals surface area (Å²) in [6.07, 6.45) is 1.36. The van der Waals surface area contributed by atoms with E-state index in [1.165, 1.54) is 0 Å². The lowest BCUT2D eigenvalue weighted by Gasteiger charge is -2.09. The summed E-state index contributed by atoms with van der Waals surface area (Å²) in [6.45, 7) is 0.811. The number of nitrogens with one attached hydrogen (secondary N) is 1. The summed E-state index contributed by atoms with van der Waals surface area (Å²) < 4.78 is 44.2. The highest BCUT2D eigenvalue weighted by atomic mass is 35.5. The fourth-order valence-electron chi connectivity index (χ4n) is 1.41. The average molecular weight is 311 g/mol. The molecule has 0 aromatic heterocycles. The molecule has 1 rings (SSSR count). The molecule has 0 radical (unpaired) electrons. The van der Waals surface area contributed by atoms with Crippen molar-refractivity contribution in [2.75, 3.05) is 26.0 Å². The first-order chi connectivity index (χ1) is 8.88. The molecule has 0 heterocycles. The van der Waals surface area contributed by atoms with E-state index in [4.69, 9.17) is 22.1 Å². The van der Waals surface area contributed by atoms with Crippen molar-refractivity contribution >= 4 is 27.3 Å². The number of nitrogen functional groups attached to an aromatic ring is 1. The van der Waals surface area contributed by atoms with Crippen LogP contribution in [0.3, 0.4) is 0 Å². The molecule has 3 N–H and O–H groups in total. The second kappa shape index (κ2) is 7.04. The standard InChI is InChI=1S/C11H16ClFN2O3S/c1-18-5-3-2-4-15-19(16,17)11-7-10(14)9(13)6-8(11)12/h6-7,15H,2-5,14H2,1H3. The van der Waals surface area contributed by atoms with Crippen molar-refractivity contribution in [3.8, 4) is 0 Å². The van der Waals surface area contributed by atoms with Gasteiger partial charge in [0.15, 0.2) is 0 Å². The molecule has 5 nitrogen and oxygen atoms in total. The lowest BCUT2D eigenvalue weighted by Crippen LogP contribution is -2.25. The molecular formula is C11H16ClFN2O3S. The lowest BCUT2D eigenvalue weighted by atomic mass is 10.3. The highest BCUT2D eigenvalue weighted by Gasteiger charge is 2.19. The average Bonchev–Trinajstić information content (AvgIpc) is 2.33. The van der Waals surface area contributed by atoms with Gasteiger partial charge in [-0.25, -0.2) is 17.5 Å². The molecule has 0 bridgehead atoms. The van der Waals surface area contributed by atoms with Crippen LogP contribution in [0.2, 0.25) is 5.02 Å². The Morgan fingerprint density at radius 2 is 2.11 bits per heavy atom. The summed E-state index contributed by atoms with van der Waals surface area (Å²) in [5.41, 5.74) is 5.08. The number of ether oxygens (including phenoxy) is 1. The minimum absolute atomic E-state index is 0.198. The highest BCUT2D eigenvalue weighted by Crippen LogP contribution is 2.26. The zero-order chi connectivity index (χ0) is 14.5. The lowest BCUT2D eigenvalue weighted by molar-refractivity contribution is 0.193. The number of nitrogens with two attached hydrogens (primary N) is 1. The second-order valence-corrected chi connectivity index (χ2v) is 6.04. The molecule has 0 aliphatic heterocycles. The van der Waals surface area contributed by atoms with E-state index in [-0.39, 0.29) is 22.2 Å². The summed E-state index contributed by atoms with van der Waals surface area (Å²) >= 11 is 5.71. The van der Waals surface area contributed by atoms with Crippen molar-refractivity contribution < 1.29 is 17.5 Å². The van der Waals surface area contributed by atoms with E-state index in [0.29, 0.717) is 13.0 Å². The van der Waals surface area contributed by atoms with Gasteiger partial charge in [0, 0.05) is 20.3 Å². The van der Waals surface area contributed by atoms with E-state index in [2.05, 4.69) is 4.72 Å². The van der Waals surface area contributed by atoms with Crippen LogP contribution in [-0.2, 0) is 14.8 Å². The molecule has 0 saturated heterocycles. The first-order valence-electron chi connectivity index (χ1n) is 5.61. The van der Waals surface area contributed by atoms with Crippen molar-refractivity contribution in [1.82, 2.24) is 4.72 Å². The van der Waals surface area contributed by atoms with Crippen LogP contribution >= 0.6 is 11.6 Å². The predicted molar refractivity (Wildman–Crippen MR) is 72.1 cm³/mol. The van der Waals surface area contributed by atoms with Gasteiger partial charge in [0.2, 0.25) is 10.0 Å². The van der Waals surface area contributed by atoms with Crippen LogP contribution in [0.15, 0.2) is 17.0 Å². The van der Waals surface area contributed by atoms with E-state index >= 15 is 0 Å². The van der Waals surface area contributed by atoms with Gasteiger partial charge in [-0.1, -0.05) is 11.6 Å². The maximum Gasteiger partial charge on any atom is 0.242 e. The van der Waals surface area contributed by atoms with Crippen LogP contribution in [0.5, 0.6) is 0 Å². The Balaban J connectivity index is 2.75. The molecule has 0 amide bonds. The molecule has 0 atom stereocenters. The van der Waals surface area contributed by atoms with E-state index in [1.807, 2.05) is 0 Å². The minimum atomic E-state index is -3.79. The van der Waals surface area contributed by atoms with Crippen molar-refractivity contribution in [1.29, 1.82) is 0 Å². The molecule has 0 aliphatic carbocycles. The smallest absolute Gasteiger partial charge is 0.242 e. The van der Waals surface area contributed by atoms with Gasteiger partial charge in [0.1, 0.15) is 10.7 Å². The van der Waals surface area contributed by atoms with Crippen LogP contribution in [0.25, 0.3) is 0 Å². The van der Waals surface area contributed by atoms with Gasteiger partial charge in [-0.05, 0) is 25.0 Å². The van der Waals surface area contributed by atoms with E-state index in [9.17, 15) is 12.8 Å². The van der Waals surface area contributed by atoms with Gasteiger partial charge < -0.3 is 10.5 Å². The van der Waals surface area contributed by atoms with Crippen LogP contribution in [0.1, 0.15) is 12.8 Å². The number of benzene rings is 1. The number of methoxy groups -OCH3 is 1. The largest absolute Gasteiger partial charge is 0.396 e. The van der Waals surface area contributed by atoms with Crippen molar-refractivity contribution in [2.24, 2.45) is 0 Å². The number of hydrogen-bond acceptors (Lipinski definition) is 4.